The van der Waals surface area contributed by atoms with Gasteiger partial charge in [0.05, 0.1) is 5.54 Å². The van der Waals surface area contributed by atoms with Crippen LogP contribution in [0.1, 0.15) is 49.3 Å². The number of para-hydroxylation sites is 1. The fourth-order valence-corrected chi connectivity index (χ4v) is 5.11. The van der Waals surface area contributed by atoms with Crippen molar-refractivity contribution in [1.29, 1.82) is 0 Å². The third-order valence-corrected chi connectivity index (χ3v) is 7.22. The van der Waals surface area contributed by atoms with Crippen molar-refractivity contribution in [2.75, 3.05) is 19.7 Å². The van der Waals surface area contributed by atoms with E-state index < -0.39 is 23.5 Å². The van der Waals surface area contributed by atoms with Crippen LogP contribution >= 0.6 is 0 Å². The summed E-state index contributed by atoms with van der Waals surface area (Å²) in [5.41, 5.74) is 2.18. The number of nitrogens with one attached hydrogen (secondary N) is 4. The van der Waals surface area contributed by atoms with Gasteiger partial charge in [-0.25, -0.2) is 0 Å². The van der Waals surface area contributed by atoms with Gasteiger partial charge in [0.15, 0.2) is 0 Å². The zero-order chi connectivity index (χ0) is 27.0. The molecule has 1 heterocycles. The Morgan fingerprint density at radius 2 is 1.76 bits per heavy atom. The van der Waals surface area contributed by atoms with E-state index in [2.05, 4.69) is 21.3 Å². The number of amides is 3. The molecule has 1 saturated carbocycles. The lowest BCUT2D eigenvalue weighted by Crippen LogP contribution is -2.60. The van der Waals surface area contributed by atoms with E-state index in [1.807, 2.05) is 67.6 Å². The van der Waals surface area contributed by atoms with Crippen molar-refractivity contribution in [2.24, 2.45) is 0 Å². The van der Waals surface area contributed by atoms with E-state index in [0.29, 0.717) is 39.0 Å². The molecule has 4 N–H and O–H groups in total. The predicted octanol–water partition coefficient (Wildman–Crippen LogP) is 2.65. The van der Waals surface area contributed by atoms with Crippen LogP contribution in [0.25, 0.3) is 6.08 Å². The molecule has 2 aliphatic rings. The Bertz CT molecular complexity index is 1170. The first-order valence-electron chi connectivity index (χ1n) is 13.4. The highest BCUT2D eigenvalue weighted by molar-refractivity contribution is 5.94. The zero-order valence-corrected chi connectivity index (χ0v) is 22.2. The Labute approximate surface area is 224 Å². The van der Waals surface area contributed by atoms with Crippen molar-refractivity contribution in [3.05, 3.63) is 71.3 Å². The van der Waals surface area contributed by atoms with Crippen LogP contribution in [0.4, 0.5) is 0 Å². The molecular weight excluding hydrogens is 480 g/mol. The molecule has 0 radical (unpaired) electrons. The van der Waals surface area contributed by atoms with Crippen LogP contribution in [-0.4, -0.2) is 55.0 Å². The van der Waals surface area contributed by atoms with E-state index in [0.717, 1.165) is 35.3 Å². The number of aryl methyl sites for hydroxylation is 1. The maximum atomic E-state index is 13.4. The molecule has 3 amide bonds. The molecule has 1 aliphatic heterocycles. The van der Waals surface area contributed by atoms with E-state index >= 15 is 0 Å². The minimum Gasteiger partial charge on any atom is -0.492 e. The molecule has 1 spiro atoms. The maximum absolute atomic E-state index is 13.4. The van der Waals surface area contributed by atoms with Crippen LogP contribution in [-0.2, 0) is 20.8 Å². The second-order valence-corrected chi connectivity index (χ2v) is 10.2. The average Bonchev–Trinajstić information content (AvgIpc) is 3.39. The number of carbonyl (C=O) groups excluding carboxylic acids is 3. The predicted molar refractivity (Wildman–Crippen MR) is 148 cm³/mol. The summed E-state index contributed by atoms with van der Waals surface area (Å²) < 4.78 is 6.03. The minimum atomic E-state index is -0.795. The van der Waals surface area contributed by atoms with Gasteiger partial charge >= 0.3 is 0 Å². The highest BCUT2D eigenvalue weighted by atomic mass is 16.5. The van der Waals surface area contributed by atoms with Crippen molar-refractivity contribution >= 4 is 23.8 Å². The summed E-state index contributed by atoms with van der Waals surface area (Å²) in [6.45, 7) is 4.83. The van der Waals surface area contributed by atoms with Gasteiger partial charge in [0.25, 0.3) is 0 Å². The van der Waals surface area contributed by atoms with Gasteiger partial charge in [-0.05, 0) is 38.3 Å². The third kappa shape index (κ3) is 7.01. The number of benzene rings is 2. The van der Waals surface area contributed by atoms with Crippen molar-refractivity contribution in [1.82, 2.24) is 21.3 Å². The zero-order valence-electron chi connectivity index (χ0n) is 22.2. The minimum absolute atomic E-state index is 0.193. The molecule has 2 aromatic rings. The van der Waals surface area contributed by atoms with Crippen LogP contribution in [0.3, 0.4) is 0 Å². The highest BCUT2D eigenvalue weighted by Crippen LogP contribution is 2.30. The monoisotopic (exact) mass is 518 g/mol. The van der Waals surface area contributed by atoms with Gasteiger partial charge in [0, 0.05) is 25.1 Å². The second-order valence-electron chi connectivity index (χ2n) is 10.2. The van der Waals surface area contributed by atoms with Gasteiger partial charge in [-0.2, -0.15) is 0 Å². The molecule has 2 atom stereocenters. The molecule has 38 heavy (non-hydrogen) atoms. The SMILES string of the molecule is Cc1cccc(C[C@@H]2NC(=O)[C@@H](C)NC(=O)C3(CCCC3)NCCOc3ccccc3/C=C/CNC2=O)c1. The number of fused-ring (bicyclic) bond motifs is 1. The Balaban J connectivity index is 1.58. The summed E-state index contributed by atoms with van der Waals surface area (Å²) in [4.78, 5) is 39.7. The van der Waals surface area contributed by atoms with E-state index in [-0.39, 0.29) is 11.8 Å². The van der Waals surface area contributed by atoms with Crippen molar-refractivity contribution < 1.29 is 19.1 Å². The van der Waals surface area contributed by atoms with Gasteiger partial charge in [-0.1, -0.05) is 73.0 Å². The molecule has 0 aromatic heterocycles. The lowest BCUT2D eigenvalue weighted by molar-refractivity contribution is -0.134. The van der Waals surface area contributed by atoms with Crippen LogP contribution < -0.4 is 26.0 Å². The fourth-order valence-electron chi connectivity index (χ4n) is 5.11. The molecule has 4 rings (SSSR count). The smallest absolute Gasteiger partial charge is 0.243 e. The van der Waals surface area contributed by atoms with Gasteiger partial charge in [-0.15, -0.1) is 0 Å². The molecule has 1 fully saturated rings. The topological polar surface area (TPSA) is 109 Å². The Hall–Kier alpha value is -3.65. The lowest BCUT2D eigenvalue weighted by Gasteiger charge is -2.31. The van der Waals surface area contributed by atoms with Crippen molar-refractivity contribution in [2.45, 2.75) is 63.6 Å². The largest absolute Gasteiger partial charge is 0.492 e. The standard InChI is InChI=1S/C30H38N4O4/c1-21-9-7-10-23(19-21)20-25-28(36)31-16-8-12-24-11-3-4-13-26(24)38-18-17-32-30(14-5-6-15-30)29(37)33-22(2)27(35)34-25/h3-4,7-13,19,22,25,32H,5-6,14-18,20H2,1-2H3,(H,31,36)(H,33,37)(H,34,35)/b12-8+/t22-,25+/m1/s1. The number of hydrogen-bond acceptors (Lipinski definition) is 5. The highest BCUT2D eigenvalue weighted by Gasteiger charge is 2.41. The first-order valence-corrected chi connectivity index (χ1v) is 13.4. The summed E-state index contributed by atoms with van der Waals surface area (Å²) >= 11 is 0. The van der Waals surface area contributed by atoms with E-state index in [9.17, 15) is 14.4 Å². The van der Waals surface area contributed by atoms with Crippen LogP contribution in [0.2, 0.25) is 0 Å². The molecule has 0 bridgehead atoms. The number of hydrogen-bond donors (Lipinski definition) is 4. The molecule has 8 heteroatoms. The van der Waals surface area contributed by atoms with E-state index in [1.54, 1.807) is 6.92 Å². The van der Waals surface area contributed by atoms with Crippen LogP contribution in [0.5, 0.6) is 5.75 Å². The normalized spacial score (nSPS) is 23.7. The first kappa shape index (κ1) is 27.4. The van der Waals surface area contributed by atoms with Gasteiger partial charge < -0.3 is 20.7 Å². The number of carbonyl (C=O) groups is 3. The van der Waals surface area contributed by atoms with E-state index in [1.165, 1.54) is 0 Å². The van der Waals surface area contributed by atoms with Gasteiger partial charge in [-0.3, -0.25) is 19.7 Å². The van der Waals surface area contributed by atoms with Crippen molar-refractivity contribution in [3.63, 3.8) is 0 Å². The first-order chi connectivity index (χ1) is 18.4. The fraction of sp³-hybridized carbons (Fsp3) is 0.433. The number of rotatable bonds is 2. The van der Waals surface area contributed by atoms with Crippen LogP contribution in [0.15, 0.2) is 54.6 Å². The third-order valence-electron chi connectivity index (χ3n) is 7.22. The molecule has 1 aliphatic carbocycles. The quantitative estimate of drug-likeness (QED) is 0.489. The van der Waals surface area contributed by atoms with Gasteiger partial charge in [0.1, 0.15) is 24.4 Å². The number of ether oxygens (including phenoxy) is 1. The molecule has 8 nitrogen and oxygen atoms in total. The summed E-state index contributed by atoms with van der Waals surface area (Å²) in [5, 5.41) is 12.1. The summed E-state index contributed by atoms with van der Waals surface area (Å²) in [6.07, 6.45) is 7.39. The molecule has 0 saturated heterocycles. The molecule has 0 unspecified atom stereocenters. The van der Waals surface area contributed by atoms with Crippen LogP contribution in [0, 0.1) is 6.92 Å². The summed E-state index contributed by atoms with van der Waals surface area (Å²) in [6, 6.07) is 14.0. The lowest BCUT2D eigenvalue weighted by atomic mass is 9.95. The average molecular weight is 519 g/mol. The Morgan fingerprint density at radius 1 is 0.974 bits per heavy atom. The summed E-state index contributed by atoms with van der Waals surface area (Å²) in [7, 11) is 0. The molecular formula is C30H38N4O4. The molecule has 2 aromatic carbocycles. The summed E-state index contributed by atoms with van der Waals surface area (Å²) in [5.74, 6) is -0.140. The second kappa shape index (κ2) is 12.7. The van der Waals surface area contributed by atoms with Crippen molar-refractivity contribution in [3.8, 4) is 5.75 Å². The maximum Gasteiger partial charge on any atom is 0.243 e. The Kier molecular flexibility index (Phi) is 9.18. The van der Waals surface area contributed by atoms with Gasteiger partial charge in [0.2, 0.25) is 17.7 Å². The van der Waals surface area contributed by atoms with E-state index in [4.69, 9.17) is 4.74 Å². The Morgan fingerprint density at radius 3 is 2.55 bits per heavy atom. The molecule has 202 valence electrons.